The van der Waals surface area contributed by atoms with E-state index in [2.05, 4.69) is 52.3 Å². The normalized spacial score (nSPS) is 10.9. The van der Waals surface area contributed by atoms with Gasteiger partial charge in [0.2, 0.25) is 0 Å². The first kappa shape index (κ1) is 10.7. The number of rotatable bonds is 3. The first-order chi connectivity index (χ1) is 8.33. The number of aromatic nitrogens is 1. The zero-order valence-electron chi connectivity index (χ0n) is 9.43. The number of fused-ring (bicyclic) bond motifs is 1. The Balaban J connectivity index is 1.84. The fourth-order valence-electron chi connectivity index (χ4n) is 1.73. The van der Waals surface area contributed by atoms with Crippen molar-refractivity contribution < 1.29 is 0 Å². The van der Waals surface area contributed by atoms with Crippen molar-refractivity contribution in [2.24, 2.45) is 0 Å². The lowest BCUT2D eigenvalue weighted by Crippen LogP contribution is -1.96. The second-order valence-corrected chi connectivity index (χ2v) is 5.74. The third-order valence-corrected chi connectivity index (χ3v) is 4.35. The highest BCUT2D eigenvalue weighted by Gasteiger charge is 2.05. The van der Waals surface area contributed by atoms with E-state index in [1.165, 1.54) is 15.8 Å². The Kier molecular flexibility index (Phi) is 2.82. The van der Waals surface area contributed by atoms with Crippen molar-refractivity contribution in [2.75, 3.05) is 5.32 Å². The van der Waals surface area contributed by atoms with Crippen LogP contribution in [0.4, 0.5) is 5.13 Å². The molecule has 2 aromatic heterocycles. The predicted octanol–water partition coefficient (Wildman–Crippen LogP) is 4.28. The van der Waals surface area contributed by atoms with Gasteiger partial charge in [0.05, 0.1) is 10.2 Å². The molecule has 0 aliphatic rings. The fourth-order valence-corrected chi connectivity index (χ4v) is 3.34. The van der Waals surface area contributed by atoms with Crippen LogP contribution in [0.2, 0.25) is 0 Å². The number of nitrogens with one attached hydrogen (secondary N) is 1. The van der Waals surface area contributed by atoms with Gasteiger partial charge in [-0.25, -0.2) is 4.98 Å². The number of hydrogen-bond acceptors (Lipinski definition) is 4. The van der Waals surface area contributed by atoms with E-state index in [4.69, 9.17) is 0 Å². The predicted molar refractivity (Wildman–Crippen MR) is 76.0 cm³/mol. The molecule has 2 nitrogen and oxygen atoms in total. The van der Waals surface area contributed by atoms with Crippen LogP contribution in [0.5, 0.6) is 0 Å². The van der Waals surface area contributed by atoms with Crippen LogP contribution in [0.1, 0.15) is 11.1 Å². The highest BCUT2D eigenvalue weighted by atomic mass is 32.1. The minimum atomic E-state index is 0.850. The second kappa shape index (κ2) is 4.47. The van der Waals surface area contributed by atoms with E-state index in [9.17, 15) is 0 Å². The lowest BCUT2D eigenvalue weighted by molar-refractivity contribution is 1.15. The van der Waals surface area contributed by atoms with Crippen molar-refractivity contribution in [1.82, 2.24) is 4.98 Å². The first-order valence-corrected chi connectivity index (χ1v) is 7.20. The smallest absolute Gasteiger partial charge is 0.184 e. The Morgan fingerprint density at radius 3 is 3.00 bits per heavy atom. The summed E-state index contributed by atoms with van der Waals surface area (Å²) in [6.07, 6.45) is 0. The minimum absolute atomic E-state index is 0.850. The summed E-state index contributed by atoms with van der Waals surface area (Å²) in [6.45, 7) is 2.95. The van der Waals surface area contributed by atoms with Gasteiger partial charge in [0.15, 0.2) is 5.13 Å². The molecule has 4 heteroatoms. The molecule has 0 saturated carbocycles. The van der Waals surface area contributed by atoms with Crippen molar-refractivity contribution in [3.8, 4) is 0 Å². The van der Waals surface area contributed by atoms with Crippen LogP contribution < -0.4 is 5.32 Å². The Labute approximate surface area is 108 Å². The molecule has 17 heavy (non-hydrogen) atoms. The number of aryl methyl sites for hydroxylation is 1. The molecule has 0 unspecified atom stereocenters. The minimum Gasteiger partial charge on any atom is -0.357 e. The maximum Gasteiger partial charge on any atom is 0.184 e. The van der Waals surface area contributed by atoms with Crippen LogP contribution in [0.3, 0.4) is 0 Å². The third kappa shape index (κ3) is 2.18. The Hall–Kier alpha value is -1.39. The van der Waals surface area contributed by atoms with E-state index in [0.29, 0.717) is 0 Å². The summed E-state index contributed by atoms with van der Waals surface area (Å²) in [6, 6.07) is 8.44. The van der Waals surface area contributed by atoms with E-state index >= 15 is 0 Å². The molecule has 1 N–H and O–H groups in total. The fraction of sp³-hybridized carbons (Fsp3) is 0.154. The molecule has 0 bridgehead atoms. The van der Waals surface area contributed by atoms with Gasteiger partial charge in [-0.3, -0.25) is 0 Å². The molecule has 2 heterocycles. The van der Waals surface area contributed by atoms with Crippen LogP contribution >= 0.6 is 22.7 Å². The molecule has 0 fully saturated rings. The van der Waals surface area contributed by atoms with Crippen molar-refractivity contribution in [3.05, 3.63) is 46.2 Å². The summed E-state index contributed by atoms with van der Waals surface area (Å²) in [7, 11) is 0. The van der Waals surface area contributed by atoms with Crippen LogP contribution in [0.15, 0.2) is 35.0 Å². The zero-order valence-corrected chi connectivity index (χ0v) is 11.1. The molecule has 0 aliphatic carbocycles. The van der Waals surface area contributed by atoms with Crippen molar-refractivity contribution in [1.29, 1.82) is 0 Å². The number of para-hydroxylation sites is 1. The van der Waals surface area contributed by atoms with Gasteiger partial charge in [-0.15, -0.1) is 0 Å². The van der Waals surface area contributed by atoms with Crippen molar-refractivity contribution >= 4 is 38.0 Å². The maximum atomic E-state index is 4.62. The van der Waals surface area contributed by atoms with Crippen LogP contribution in [-0.2, 0) is 6.54 Å². The zero-order chi connectivity index (χ0) is 11.7. The number of benzene rings is 1. The Bertz CT molecular complexity index is 626. The molecule has 3 aromatic rings. The summed E-state index contributed by atoms with van der Waals surface area (Å²) in [5.74, 6) is 0. The standard InChI is InChI=1S/C13H12N2S2/c1-9-3-2-4-11-12(9)15-13(17-11)14-7-10-5-6-16-8-10/h2-6,8H,7H2,1H3,(H,14,15). The van der Waals surface area contributed by atoms with E-state index in [-0.39, 0.29) is 0 Å². The Morgan fingerprint density at radius 1 is 1.29 bits per heavy atom. The molecule has 0 spiro atoms. The molecule has 0 atom stereocenters. The average molecular weight is 260 g/mol. The van der Waals surface area contributed by atoms with Gasteiger partial charge in [0.25, 0.3) is 0 Å². The number of thiazole rings is 1. The highest BCUT2D eigenvalue weighted by molar-refractivity contribution is 7.22. The molecule has 1 aromatic carbocycles. The summed E-state index contributed by atoms with van der Waals surface area (Å²) in [5, 5.41) is 8.63. The summed E-state index contributed by atoms with van der Waals surface area (Å²) >= 11 is 3.44. The summed E-state index contributed by atoms with van der Waals surface area (Å²) < 4.78 is 1.25. The lowest BCUT2D eigenvalue weighted by Gasteiger charge is -1.98. The van der Waals surface area contributed by atoms with Gasteiger partial charge in [-0.05, 0) is 40.9 Å². The molecule has 86 valence electrons. The highest BCUT2D eigenvalue weighted by Crippen LogP contribution is 2.28. The van der Waals surface area contributed by atoms with E-state index in [1.54, 1.807) is 22.7 Å². The lowest BCUT2D eigenvalue weighted by atomic mass is 10.2. The summed E-state index contributed by atoms with van der Waals surface area (Å²) in [4.78, 5) is 4.62. The van der Waals surface area contributed by atoms with Crippen molar-refractivity contribution in [3.63, 3.8) is 0 Å². The summed E-state index contributed by atoms with van der Waals surface area (Å²) in [5.41, 5.74) is 3.67. The Morgan fingerprint density at radius 2 is 2.24 bits per heavy atom. The van der Waals surface area contributed by atoms with E-state index in [1.807, 2.05) is 0 Å². The SMILES string of the molecule is Cc1cccc2sc(NCc3ccsc3)nc12. The van der Waals surface area contributed by atoms with Gasteiger partial charge < -0.3 is 5.32 Å². The van der Waals surface area contributed by atoms with E-state index < -0.39 is 0 Å². The molecular formula is C13H12N2S2. The number of nitrogens with zero attached hydrogens (tertiary/aromatic N) is 1. The number of anilines is 1. The molecule has 0 saturated heterocycles. The largest absolute Gasteiger partial charge is 0.357 e. The van der Waals surface area contributed by atoms with Crippen LogP contribution in [0.25, 0.3) is 10.2 Å². The second-order valence-electron chi connectivity index (χ2n) is 3.93. The van der Waals surface area contributed by atoms with Gasteiger partial charge >= 0.3 is 0 Å². The van der Waals surface area contributed by atoms with Crippen LogP contribution in [0, 0.1) is 6.92 Å². The molecule has 0 amide bonds. The molecule has 0 aliphatic heterocycles. The first-order valence-electron chi connectivity index (χ1n) is 5.44. The van der Waals surface area contributed by atoms with Gasteiger partial charge in [0.1, 0.15) is 0 Å². The number of hydrogen-bond donors (Lipinski definition) is 1. The molecular weight excluding hydrogens is 248 g/mol. The number of thiophene rings is 1. The van der Waals surface area contributed by atoms with Crippen LogP contribution in [-0.4, -0.2) is 4.98 Å². The van der Waals surface area contributed by atoms with Gasteiger partial charge in [-0.2, -0.15) is 11.3 Å². The quantitative estimate of drug-likeness (QED) is 0.760. The molecule has 3 rings (SSSR count). The topological polar surface area (TPSA) is 24.9 Å². The van der Waals surface area contributed by atoms with E-state index in [0.717, 1.165) is 17.2 Å². The van der Waals surface area contributed by atoms with Gasteiger partial charge in [-0.1, -0.05) is 23.5 Å². The average Bonchev–Trinajstić information content (AvgIpc) is 2.95. The molecule has 0 radical (unpaired) electrons. The third-order valence-electron chi connectivity index (χ3n) is 2.64. The van der Waals surface area contributed by atoms with Gasteiger partial charge in [0, 0.05) is 6.54 Å². The maximum absolute atomic E-state index is 4.62. The van der Waals surface area contributed by atoms with Crippen molar-refractivity contribution in [2.45, 2.75) is 13.5 Å². The monoisotopic (exact) mass is 260 g/mol.